The minimum atomic E-state index is -3.10. The molecule has 6 nitrogen and oxygen atoms in total. The lowest BCUT2D eigenvalue weighted by molar-refractivity contribution is -0.113. The summed E-state index contributed by atoms with van der Waals surface area (Å²) >= 11 is 1.35. The number of nitrogens with zero attached hydrogens (tertiary/aromatic N) is 2. The molecule has 0 aromatic heterocycles. The van der Waals surface area contributed by atoms with Gasteiger partial charge < -0.3 is 10.2 Å². The number of amides is 1. The highest BCUT2D eigenvalue weighted by Crippen LogP contribution is 2.35. The number of rotatable bonds is 4. The number of aliphatic imine (C=N–C) groups is 1. The standard InChI is InChI=1S/C22H25N3O3S2/c1-14-7-9-17(10-8-14)25-20-13-30(27,28)12-19(20)24-22(25)29-11-21(26)23-18-6-4-5-15(2)16(18)3/h4-10,19-20H,11-13H2,1-3H3,(H,23,26)/t19-,20+/m1/s1. The molecule has 2 heterocycles. The number of thioether (sulfide) groups is 1. The maximum absolute atomic E-state index is 12.6. The summed E-state index contributed by atoms with van der Waals surface area (Å²) in [5.41, 5.74) is 5.03. The van der Waals surface area contributed by atoms with Crippen LogP contribution in [0.25, 0.3) is 0 Å². The molecule has 0 spiro atoms. The van der Waals surface area contributed by atoms with Crippen LogP contribution in [0.4, 0.5) is 11.4 Å². The van der Waals surface area contributed by atoms with Crippen LogP contribution in [-0.4, -0.2) is 48.8 Å². The van der Waals surface area contributed by atoms with Crippen LogP contribution in [0.2, 0.25) is 0 Å². The van der Waals surface area contributed by atoms with Crippen molar-refractivity contribution in [2.24, 2.45) is 4.99 Å². The lowest BCUT2D eigenvalue weighted by Crippen LogP contribution is -2.39. The van der Waals surface area contributed by atoms with Crippen molar-refractivity contribution < 1.29 is 13.2 Å². The molecule has 0 unspecified atom stereocenters. The second-order valence-corrected chi connectivity index (χ2v) is 11.0. The molecule has 2 aliphatic heterocycles. The summed E-state index contributed by atoms with van der Waals surface area (Å²) in [6.45, 7) is 6.01. The first-order valence-electron chi connectivity index (χ1n) is 9.86. The van der Waals surface area contributed by atoms with Crippen LogP contribution in [0, 0.1) is 20.8 Å². The minimum absolute atomic E-state index is 0.0682. The second-order valence-electron chi connectivity index (χ2n) is 7.91. The molecule has 2 aromatic rings. The van der Waals surface area contributed by atoms with Gasteiger partial charge >= 0.3 is 0 Å². The minimum Gasteiger partial charge on any atom is -0.325 e. The summed E-state index contributed by atoms with van der Waals surface area (Å²) in [6, 6.07) is 13.3. The second kappa shape index (κ2) is 8.07. The molecule has 30 heavy (non-hydrogen) atoms. The van der Waals surface area contributed by atoms with Crippen molar-refractivity contribution >= 4 is 44.0 Å². The Kier molecular flexibility index (Phi) is 5.63. The first kappa shape index (κ1) is 20.9. The van der Waals surface area contributed by atoms with Crippen LogP contribution >= 0.6 is 11.8 Å². The zero-order valence-electron chi connectivity index (χ0n) is 17.3. The normalized spacial score (nSPS) is 22.0. The fourth-order valence-electron chi connectivity index (χ4n) is 3.84. The quantitative estimate of drug-likeness (QED) is 0.784. The Labute approximate surface area is 181 Å². The number of hydrogen-bond acceptors (Lipinski definition) is 6. The largest absolute Gasteiger partial charge is 0.325 e. The zero-order valence-corrected chi connectivity index (χ0v) is 18.9. The van der Waals surface area contributed by atoms with Gasteiger partial charge in [-0.25, -0.2) is 8.42 Å². The van der Waals surface area contributed by atoms with Crippen LogP contribution in [0.1, 0.15) is 16.7 Å². The van der Waals surface area contributed by atoms with E-state index >= 15 is 0 Å². The molecule has 1 N–H and O–H groups in total. The van der Waals surface area contributed by atoms with E-state index in [4.69, 9.17) is 0 Å². The maximum atomic E-state index is 12.6. The fourth-order valence-corrected chi connectivity index (χ4v) is 6.61. The van der Waals surface area contributed by atoms with Crippen LogP contribution in [-0.2, 0) is 14.6 Å². The van der Waals surface area contributed by atoms with Gasteiger partial charge in [0.05, 0.1) is 29.3 Å². The van der Waals surface area contributed by atoms with E-state index in [-0.39, 0.29) is 35.2 Å². The van der Waals surface area contributed by atoms with Gasteiger partial charge in [0, 0.05) is 11.4 Å². The molecule has 2 atom stereocenters. The van der Waals surface area contributed by atoms with E-state index in [1.807, 2.05) is 68.1 Å². The molecule has 1 amide bonds. The first-order chi connectivity index (χ1) is 14.2. The molecule has 0 saturated carbocycles. The number of sulfone groups is 1. The van der Waals surface area contributed by atoms with Gasteiger partial charge in [0.15, 0.2) is 15.0 Å². The number of fused-ring (bicyclic) bond motifs is 1. The van der Waals surface area contributed by atoms with E-state index in [9.17, 15) is 13.2 Å². The molecule has 2 aromatic carbocycles. The summed E-state index contributed by atoms with van der Waals surface area (Å²) in [5, 5.41) is 3.68. The molecule has 8 heteroatoms. The molecule has 2 aliphatic rings. The average molecular weight is 444 g/mol. The Bertz CT molecular complexity index is 1110. The number of anilines is 2. The fraction of sp³-hybridized carbons (Fsp3) is 0.364. The van der Waals surface area contributed by atoms with Gasteiger partial charge in [0.1, 0.15) is 0 Å². The number of amidine groups is 1. The van der Waals surface area contributed by atoms with Gasteiger partial charge in [0.25, 0.3) is 0 Å². The molecule has 158 valence electrons. The van der Waals surface area contributed by atoms with E-state index in [1.54, 1.807) is 0 Å². The van der Waals surface area contributed by atoms with Gasteiger partial charge in [-0.05, 0) is 50.1 Å². The molecule has 0 radical (unpaired) electrons. The Morgan fingerprint density at radius 1 is 1.13 bits per heavy atom. The van der Waals surface area contributed by atoms with Crippen molar-refractivity contribution in [1.82, 2.24) is 0 Å². The first-order valence-corrected chi connectivity index (χ1v) is 12.7. The number of carbonyl (C=O) groups excluding carboxylic acids is 1. The number of carbonyl (C=O) groups is 1. The van der Waals surface area contributed by atoms with E-state index in [0.717, 1.165) is 28.1 Å². The van der Waals surface area contributed by atoms with E-state index in [0.29, 0.717) is 5.17 Å². The summed E-state index contributed by atoms with van der Waals surface area (Å²) in [7, 11) is -3.10. The third-order valence-electron chi connectivity index (χ3n) is 5.63. The summed E-state index contributed by atoms with van der Waals surface area (Å²) in [6.07, 6.45) is 0. The Morgan fingerprint density at radius 2 is 1.87 bits per heavy atom. The topological polar surface area (TPSA) is 78.8 Å². The van der Waals surface area contributed by atoms with Crippen molar-refractivity contribution in [1.29, 1.82) is 0 Å². The third kappa shape index (κ3) is 4.25. The van der Waals surface area contributed by atoms with Crippen LogP contribution in [0.3, 0.4) is 0 Å². The van der Waals surface area contributed by atoms with Gasteiger partial charge in [-0.2, -0.15) is 0 Å². The highest BCUT2D eigenvalue weighted by Gasteiger charge is 2.47. The number of benzene rings is 2. The van der Waals surface area contributed by atoms with E-state index in [2.05, 4.69) is 10.3 Å². The van der Waals surface area contributed by atoms with Gasteiger partial charge in [0.2, 0.25) is 5.91 Å². The van der Waals surface area contributed by atoms with Gasteiger partial charge in [-0.3, -0.25) is 9.79 Å². The van der Waals surface area contributed by atoms with Crippen molar-refractivity contribution in [2.45, 2.75) is 32.9 Å². The van der Waals surface area contributed by atoms with Crippen molar-refractivity contribution in [2.75, 3.05) is 27.5 Å². The smallest absolute Gasteiger partial charge is 0.234 e. The average Bonchev–Trinajstić information content (AvgIpc) is 3.16. The number of nitrogens with one attached hydrogen (secondary N) is 1. The highest BCUT2D eigenvalue weighted by molar-refractivity contribution is 8.14. The molecular weight excluding hydrogens is 418 g/mol. The van der Waals surface area contributed by atoms with Gasteiger partial charge in [-0.1, -0.05) is 41.6 Å². The zero-order chi connectivity index (χ0) is 21.5. The Morgan fingerprint density at radius 3 is 2.60 bits per heavy atom. The Balaban J connectivity index is 1.51. The number of hydrogen-bond donors (Lipinski definition) is 1. The van der Waals surface area contributed by atoms with Crippen molar-refractivity contribution in [3.8, 4) is 0 Å². The van der Waals surface area contributed by atoms with Crippen molar-refractivity contribution in [3.63, 3.8) is 0 Å². The Hall–Kier alpha value is -2.32. The lowest BCUT2D eigenvalue weighted by atomic mass is 10.1. The summed E-state index contributed by atoms with van der Waals surface area (Å²) in [5.74, 6) is 0.262. The monoisotopic (exact) mass is 443 g/mol. The van der Waals surface area contributed by atoms with E-state index < -0.39 is 9.84 Å². The molecule has 1 fully saturated rings. The van der Waals surface area contributed by atoms with Crippen LogP contribution in [0.5, 0.6) is 0 Å². The summed E-state index contributed by atoms with van der Waals surface area (Å²) in [4.78, 5) is 19.2. The molecule has 4 rings (SSSR count). The lowest BCUT2D eigenvalue weighted by Gasteiger charge is -2.26. The van der Waals surface area contributed by atoms with Gasteiger partial charge in [-0.15, -0.1) is 0 Å². The molecule has 1 saturated heterocycles. The summed E-state index contributed by atoms with van der Waals surface area (Å²) < 4.78 is 24.3. The van der Waals surface area contributed by atoms with E-state index in [1.165, 1.54) is 11.8 Å². The van der Waals surface area contributed by atoms with Crippen LogP contribution in [0.15, 0.2) is 47.5 Å². The van der Waals surface area contributed by atoms with Crippen LogP contribution < -0.4 is 10.2 Å². The predicted molar refractivity (Wildman–Crippen MR) is 124 cm³/mol. The third-order valence-corrected chi connectivity index (χ3v) is 8.30. The van der Waals surface area contributed by atoms with Crippen molar-refractivity contribution in [3.05, 3.63) is 59.2 Å². The SMILES string of the molecule is Cc1ccc(N2C(SCC(=O)Nc3cccc(C)c3C)=N[C@@H]3CS(=O)(=O)C[C@@H]32)cc1. The molecular formula is C22H25N3O3S2. The maximum Gasteiger partial charge on any atom is 0.234 e. The highest BCUT2D eigenvalue weighted by atomic mass is 32.2. The predicted octanol–water partition coefficient (Wildman–Crippen LogP) is 3.33. The molecule has 0 aliphatic carbocycles. The number of aryl methyl sites for hydroxylation is 2. The molecule has 0 bridgehead atoms.